The number of hydrogen-bond donors (Lipinski definition) is 1. The first-order chi connectivity index (χ1) is 12.0. The molecule has 7 heteroatoms. The molecule has 0 radical (unpaired) electrons. The molecule has 4 rings (SSSR count). The Morgan fingerprint density at radius 1 is 1.40 bits per heavy atom. The van der Waals surface area contributed by atoms with Crippen LogP contribution in [-0.4, -0.2) is 31.1 Å². The molecule has 3 aliphatic rings. The Morgan fingerprint density at radius 2 is 2.16 bits per heavy atom. The van der Waals surface area contributed by atoms with Gasteiger partial charge in [0, 0.05) is 5.92 Å². The van der Waals surface area contributed by atoms with Gasteiger partial charge in [-0.15, -0.1) is 6.58 Å². The Kier molecular flexibility index (Phi) is 3.19. The van der Waals surface area contributed by atoms with Gasteiger partial charge < -0.3 is 19.5 Å². The van der Waals surface area contributed by atoms with Crippen molar-refractivity contribution < 1.29 is 28.6 Å². The van der Waals surface area contributed by atoms with Crippen molar-refractivity contribution in [3.05, 3.63) is 36.4 Å². The molecule has 0 bridgehead atoms. The second-order valence-corrected chi connectivity index (χ2v) is 6.33. The fourth-order valence-corrected chi connectivity index (χ4v) is 4.26. The fourth-order valence-electron chi connectivity index (χ4n) is 4.26. The van der Waals surface area contributed by atoms with E-state index in [4.69, 9.17) is 14.2 Å². The van der Waals surface area contributed by atoms with Crippen LogP contribution in [-0.2, 0) is 24.7 Å². The number of nitrogens with one attached hydrogen (secondary N) is 1. The molecule has 0 spiro atoms. The first-order valence-corrected chi connectivity index (χ1v) is 8.08. The van der Waals surface area contributed by atoms with Crippen LogP contribution in [0.1, 0.15) is 18.9 Å². The lowest BCUT2D eigenvalue weighted by Gasteiger charge is -2.56. The predicted molar refractivity (Wildman–Crippen MR) is 84.8 cm³/mol. The van der Waals surface area contributed by atoms with Gasteiger partial charge in [-0.2, -0.15) is 0 Å². The average Bonchev–Trinajstić information content (AvgIpc) is 3.12. The number of benzene rings is 1. The molecule has 0 aromatic heterocycles. The zero-order valence-electron chi connectivity index (χ0n) is 13.7. The molecule has 2 aliphatic heterocycles. The Morgan fingerprint density at radius 3 is 2.88 bits per heavy atom. The molecule has 25 heavy (non-hydrogen) atoms. The van der Waals surface area contributed by atoms with Crippen LogP contribution in [0.5, 0.6) is 11.5 Å². The average molecular weight is 343 g/mol. The topological polar surface area (TPSA) is 90.9 Å². The van der Waals surface area contributed by atoms with Gasteiger partial charge in [0.25, 0.3) is 5.91 Å². The molecule has 1 aromatic carbocycles. The smallest absolute Gasteiger partial charge is 0.323 e. The molecule has 1 saturated heterocycles. The van der Waals surface area contributed by atoms with Gasteiger partial charge in [-0.1, -0.05) is 12.1 Å². The molecule has 130 valence electrons. The largest absolute Gasteiger partial charge is 0.465 e. The van der Waals surface area contributed by atoms with Crippen molar-refractivity contribution in [1.29, 1.82) is 0 Å². The molecular weight excluding hydrogens is 326 g/mol. The summed E-state index contributed by atoms with van der Waals surface area (Å²) in [6.45, 7) is 5.69. The molecule has 7 nitrogen and oxygen atoms in total. The minimum atomic E-state index is -1.58. The van der Waals surface area contributed by atoms with Crippen molar-refractivity contribution in [2.24, 2.45) is 11.3 Å². The Labute approximate surface area is 143 Å². The summed E-state index contributed by atoms with van der Waals surface area (Å²) in [5.41, 5.74) is -2.19. The van der Waals surface area contributed by atoms with Gasteiger partial charge in [0.05, 0.1) is 12.1 Å². The van der Waals surface area contributed by atoms with Crippen molar-refractivity contribution in [2.75, 3.05) is 13.4 Å². The lowest BCUT2D eigenvalue weighted by Crippen LogP contribution is -2.68. The molecule has 0 unspecified atom stereocenters. The summed E-state index contributed by atoms with van der Waals surface area (Å²) in [7, 11) is 0. The van der Waals surface area contributed by atoms with Gasteiger partial charge in [0.2, 0.25) is 12.6 Å². The van der Waals surface area contributed by atoms with E-state index in [2.05, 4.69) is 11.9 Å². The van der Waals surface area contributed by atoms with E-state index >= 15 is 0 Å². The Bertz CT molecular complexity index is 818. The van der Waals surface area contributed by atoms with Crippen LogP contribution in [0, 0.1) is 11.3 Å². The van der Waals surface area contributed by atoms with E-state index in [1.54, 1.807) is 31.2 Å². The zero-order chi connectivity index (χ0) is 17.8. The summed E-state index contributed by atoms with van der Waals surface area (Å²) in [6, 6.07) is 5.14. The minimum absolute atomic E-state index is 0.102. The molecule has 2 heterocycles. The normalized spacial score (nSPS) is 31.8. The number of esters is 1. The van der Waals surface area contributed by atoms with Gasteiger partial charge >= 0.3 is 5.97 Å². The van der Waals surface area contributed by atoms with Crippen molar-refractivity contribution in [3.63, 3.8) is 0 Å². The van der Waals surface area contributed by atoms with Crippen molar-refractivity contribution in [3.8, 4) is 11.5 Å². The lowest BCUT2D eigenvalue weighted by molar-refractivity contribution is -0.177. The Balaban J connectivity index is 1.91. The van der Waals surface area contributed by atoms with E-state index in [9.17, 15) is 14.4 Å². The van der Waals surface area contributed by atoms with Crippen LogP contribution in [0.3, 0.4) is 0 Å². The number of carbonyl (C=O) groups excluding carboxylic acids is 3. The van der Waals surface area contributed by atoms with E-state index < -0.39 is 28.6 Å². The number of rotatable bonds is 4. The molecule has 1 aromatic rings. The van der Waals surface area contributed by atoms with Crippen LogP contribution in [0.25, 0.3) is 0 Å². The summed E-state index contributed by atoms with van der Waals surface area (Å²) >= 11 is 0. The van der Waals surface area contributed by atoms with Gasteiger partial charge in [-0.05, 0) is 31.0 Å². The molecule has 1 aliphatic carbocycles. The van der Waals surface area contributed by atoms with Crippen molar-refractivity contribution in [1.82, 2.24) is 5.32 Å². The highest BCUT2D eigenvalue weighted by Gasteiger charge is 2.79. The third-order valence-corrected chi connectivity index (χ3v) is 5.40. The number of hydrogen-bond acceptors (Lipinski definition) is 6. The number of carbonyl (C=O) groups is 3. The number of amides is 1. The van der Waals surface area contributed by atoms with Crippen LogP contribution in [0.2, 0.25) is 0 Å². The third kappa shape index (κ3) is 1.67. The van der Waals surface area contributed by atoms with Crippen LogP contribution >= 0.6 is 0 Å². The number of ether oxygens (including phenoxy) is 3. The van der Waals surface area contributed by atoms with E-state index in [1.165, 1.54) is 0 Å². The highest BCUT2D eigenvalue weighted by atomic mass is 16.7. The zero-order valence-corrected chi connectivity index (χ0v) is 13.7. The second kappa shape index (κ2) is 5.08. The maximum atomic E-state index is 12.7. The quantitative estimate of drug-likeness (QED) is 0.381. The summed E-state index contributed by atoms with van der Waals surface area (Å²) in [4.78, 5) is 37.7. The van der Waals surface area contributed by atoms with E-state index in [0.29, 0.717) is 17.1 Å². The fraction of sp³-hybridized carbons (Fsp3) is 0.389. The van der Waals surface area contributed by atoms with E-state index in [1.807, 2.05) is 0 Å². The summed E-state index contributed by atoms with van der Waals surface area (Å²) in [5, 5.41) is 2.75. The molecule has 3 atom stereocenters. The monoisotopic (exact) mass is 343 g/mol. The first-order valence-electron chi connectivity index (χ1n) is 8.08. The summed E-state index contributed by atoms with van der Waals surface area (Å²) < 4.78 is 15.9. The third-order valence-electron chi connectivity index (χ3n) is 5.40. The lowest BCUT2D eigenvalue weighted by atomic mass is 9.46. The highest BCUT2D eigenvalue weighted by molar-refractivity contribution is 6.45. The van der Waals surface area contributed by atoms with Crippen LogP contribution in [0.4, 0.5) is 0 Å². The Hall–Kier alpha value is -2.83. The van der Waals surface area contributed by atoms with Crippen LogP contribution in [0.15, 0.2) is 30.9 Å². The van der Waals surface area contributed by atoms with Gasteiger partial charge in [0.15, 0.2) is 16.9 Å². The maximum Gasteiger partial charge on any atom is 0.323 e. The molecule has 1 amide bonds. The molecule has 1 N–H and O–H groups in total. The second-order valence-electron chi connectivity index (χ2n) is 6.33. The van der Waals surface area contributed by atoms with E-state index in [-0.39, 0.29) is 25.7 Å². The molecule has 1 saturated carbocycles. The summed E-state index contributed by atoms with van der Waals surface area (Å²) in [5.74, 6) is -1.43. The van der Waals surface area contributed by atoms with Gasteiger partial charge in [-0.3, -0.25) is 14.4 Å². The minimum Gasteiger partial charge on any atom is -0.465 e. The van der Waals surface area contributed by atoms with Crippen LogP contribution < -0.4 is 14.8 Å². The van der Waals surface area contributed by atoms with Gasteiger partial charge in [0.1, 0.15) is 0 Å². The maximum absolute atomic E-state index is 12.7. The molecular formula is C18H17NO6. The highest BCUT2D eigenvalue weighted by Crippen LogP contribution is 2.64. The van der Waals surface area contributed by atoms with Crippen molar-refractivity contribution >= 4 is 17.7 Å². The molecule has 2 fully saturated rings. The number of ketones is 1. The SMILES string of the molecule is C=C[C@@H]1C[C@]2(C(=O)OCC)C(=O)C(=O)N[C@]12c1ccc2c(c1)OCO2. The number of fused-ring (bicyclic) bond motifs is 2. The predicted octanol–water partition coefficient (Wildman–Crippen LogP) is 1.06. The summed E-state index contributed by atoms with van der Waals surface area (Å²) in [6.07, 6.45) is 1.84. The van der Waals surface area contributed by atoms with E-state index in [0.717, 1.165) is 0 Å². The first kappa shape index (κ1) is 15.7. The number of Topliss-reactive ketones (excluding diaryl/α,β-unsaturated/α-hetero) is 1. The standard InChI is InChI=1S/C18H17NO6/c1-3-10-8-17(16(22)23-4-2)14(20)15(21)19-18(10,17)11-5-6-12-13(7-11)25-9-24-12/h3,5-7,10H,1,4,8-9H2,2H3,(H,19,21)/t10-,17-,18+/m1/s1. The van der Waals surface area contributed by atoms with Gasteiger partial charge in [-0.25, -0.2) is 0 Å². The van der Waals surface area contributed by atoms with Crippen molar-refractivity contribution in [2.45, 2.75) is 18.9 Å².